The van der Waals surface area contributed by atoms with Crippen molar-refractivity contribution in [1.82, 2.24) is 9.88 Å². The Bertz CT molecular complexity index is 756. The minimum Gasteiger partial charge on any atom is -0.334 e. The zero-order valence-electron chi connectivity index (χ0n) is 11.4. The minimum atomic E-state index is -0.277. The normalized spacial score (nSPS) is 18.4. The highest BCUT2D eigenvalue weighted by atomic mass is 79.9. The first-order valence-corrected chi connectivity index (χ1v) is 7.73. The molecule has 5 nitrogen and oxygen atoms in total. The molecule has 21 heavy (non-hydrogen) atoms. The maximum absolute atomic E-state index is 12.8. The average Bonchev–Trinajstić information content (AvgIpc) is 2.95. The lowest BCUT2D eigenvalue weighted by Gasteiger charge is -2.24. The van der Waals surface area contributed by atoms with Gasteiger partial charge in [-0.25, -0.2) is 0 Å². The SMILES string of the molecule is NC[C@H]1CCCN1C(=O)c1cc(=O)[nH]c2c(Br)cccc12. The zero-order chi connectivity index (χ0) is 15.0. The van der Waals surface area contributed by atoms with Crippen molar-refractivity contribution in [2.45, 2.75) is 18.9 Å². The van der Waals surface area contributed by atoms with Gasteiger partial charge in [0, 0.05) is 35.1 Å². The summed E-state index contributed by atoms with van der Waals surface area (Å²) in [4.78, 5) is 29.2. The summed E-state index contributed by atoms with van der Waals surface area (Å²) in [6.45, 7) is 1.15. The lowest BCUT2D eigenvalue weighted by molar-refractivity contribution is 0.0743. The summed E-state index contributed by atoms with van der Waals surface area (Å²) in [7, 11) is 0. The van der Waals surface area contributed by atoms with E-state index in [1.54, 1.807) is 4.90 Å². The van der Waals surface area contributed by atoms with Gasteiger partial charge in [-0.1, -0.05) is 12.1 Å². The van der Waals surface area contributed by atoms with Crippen molar-refractivity contribution in [3.63, 3.8) is 0 Å². The number of nitrogens with zero attached hydrogens (tertiary/aromatic N) is 1. The number of carbonyl (C=O) groups excluding carboxylic acids is 1. The molecule has 1 aliphatic rings. The number of hydrogen-bond acceptors (Lipinski definition) is 3. The summed E-state index contributed by atoms with van der Waals surface area (Å²) in [6, 6.07) is 6.98. The highest BCUT2D eigenvalue weighted by molar-refractivity contribution is 9.10. The van der Waals surface area contributed by atoms with E-state index in [-0.39, 0.29) is 17.5 Å². The summed E-state index contributed by atoms with van der Waals surface area (Å²) in [5.41, 5.74) is 6.55. The van der Waals surface area contributed by atoms with E-state index in [9.17, 15) is 9.59 Å². The standard InChI is InChI=1S/C15H16BrN3O2/c16-12-5-1-4-10-11(7-13(20)18-14(10)12)15(21)19-6-2-3-9(19)8-17/h1,4-5,7,9H,2-3,6,8,17H2,(H,18,20)/t9-/m1/s1. The molecular weight excluding hydrogens is 334 g/mol. The number of aromatic amines is 1. The third-order valence-electron chi connectivity index (χ3n) is 3.97. The van der Waals surface area contributed by atoms with Crippen molar-refractivity contribution in [3.05, 3.63) is 44.7 Å². The number of benzene rings is 1. The average molecular weight is 350 g/mol. The van der Waals surface area contributed by atoms with Gasteiger partial charge in [0.2, 0.25) is 5.56 Å². The van der Waals surface area contributed by atoms with Gasteiger partial charge in [-0.3, -0.25) is 9.59 Å². The summed E-state index contributed by atoms with van der Waals surface area (Å²) in [5.74, 6) is -0.114. The molecule has 2 heterocycles. The molecule has 3 rings (SSSR count). The summed E-state index contributed by atoms with van der Waals surface area (Å²) < 4.78 is 0.767. The van der Waals surface area contributed by atoms with E-state index < -0.39 is 0 Å². The first-order chi connectivity index (χ1) is 10.1. The largest absolute Gasteiger partial charge is 0.334 e. The molecule has 1 amide bonds. The number of rotatable bonds is 2. The highest BCUT2D eigenvalue weighted by Gasteiger charge is 2.29. The number of pyridine rings is 1. The van der Waals surface area contributed by atoms with Crippen LogP contribution in [0.2, 0.25) is 0 Å². The van der Waals surface area contributed by atoms with Crippen LogP contribution in [0.5, 0.6) is 0 Å². The number of likely N-dealkylation sites (tertiary alicyclic amines) is 1. The van der Waals surface area contributed by atoms with Gasteiger partial charge in [0.15, 0.2) is 0 Å². The Hall–Kier alpha value is -1.66. The van der Waals surface area contributed by atoms with Crippen molar-refractivity contribution in [3.8, 4) is 0 Å². The molecular formula is C15H16BrN3O2. The molecule has 1 aromatic heterocycles. The molecule has 2 aromatic rings. The van der Waals surface area contributed by atoms with Gasteiger partial charge >= 0.3 is 0 Å². The number of hydrogen-bond donors (Lipinski definition) is 2. The maximum Gasteiger partial charge on any atom is 0.255 e. The maximum atomic E-state index is 12.8. The predicted molar refractivity (Wildman–Crippen MR) is 85.4 cm³/mol. The van der Waals surface area contributed by atoms with Crippen molar-refractivity contribution < 1.29 is 4.79 Å². The van der Waals surface area contributed by atoms with Crippen LogP contribution in [0.25, 0.3) is 10.9 Å². The number of halogens is 1. The molecule has 110 valence electrons. The van der Waals surface area contributed by atoms with Gasteiger partial charge in [-0.05, 0) is 34.8 Å². The Morgan fingerprint density at radius 1 is 1.48 bits per heavy atom. The number of H-pyrrole nitrogens is 1. The number of amides is 1. The van der Waals surface area contributed by atoms with Crippen LogP contribution in [0.4, 0.5) is 0 Å². The Balaban J connectivity index is 2.14. The van der Waals surface area contributed by atoms with Crippen LogP contribution < -0.4 is 11.3 Å². The molecule has 1 aromatic carbocycles. The smallest absolute Gasteiger partial charge is 0.255 e. The highest BCUT2D eigenvalue weighted by Crippen LogP contribution is 2.26. The Morgan fingerprint density at radius 2 is 2.29 bits per heavy atom. The van der Waals surface area contributed by atoms with E-state index in [0.717, 1.165) is 22.7 Å². The molecule has 0 spiro atoms. The van der Waals surface area contributed by atoms with Crippen LogP contribution in [-0.4, -0.2) is 34.9 Å². The van der Waals surface area contributed by atoms with Gasteiger partial charge in [0.25, 0.3) is 5.91 Å². The van der Waals surface area contributed by atoms with Crippen LogP contribution >= 0.6 is 15.9 Å². The lowest BCUT2D eigenvalue weighted by atomic mass is 10.1. The first kappa shape index (κ1) is 14.3. The Morgan fingerprint density at radius 3 is 3.05 bits per heavy atom. The Labute approximate surface area is 130 Å². The van der Waals surface area contributed by atoms with E-state index >= 15 is 0 Å². The summed E-state index contributed by atoms with van der Waals surface area (Å²) >= 11 is 3.41. The van der Waals surface area contributed by atoms with E-state index in [1.807, 2.05) is 18.2 Å². The van der Waals surface area contributed by atoms with E-state index in [0.29, 0.717) is 24.2 Å². The van der Waals surface area contributed by atoms with Gasteiger partial charge in [-0.15, -0.1) is 0 Å². The molecule has 0 aliphatic carbocycles. The van der Waals surface area contributed by atoms with Crippen LogP contribution in [0.1, 0.15) is 23.2 Å². The monoisotopic (exact) mass is 349 g/mol. The number of fused-ring (bicyclic) bond motifs is 1. The molecule has 6 heteroatoms. The molecule has 0 saturated carbocycles. The second-order valence-corrected chi connectivity index (χ2v) is 6.09. The third kappa shape index (κ3) is 2.49. The molecule has 1 saturated heterocycles. The second kappa shape index (κ2) is 5.61. The molecule has 1 aliphatic heterocycles. The van der Waals surface area contributed by atoms with Gasteiger partial charge in [0.05, 0.1) is 11.1 Å². The van der Waals surface area contributed by atoms with E-state index in [1.165, 1.54) is 6.07 Å². The van der Waals surface area contributed by atoms with Crippen molar-refractivity contribution >= 4 is 32.7 Å². The van der Waals surface area contributed by atoms with Crippen LogP contribution in [-0.2, 0) is 0 Å². The van der Waals surface area contributed by atoms with Gasteiger partial charge < -0.3 is 15.6 Å². The van der Waals surface area contributed by atoms with Crippen LogP contribution in [0.3, 0.4) is 0 Å². The van der Waals surface area contributed by atoms with Crippen LogP contribution in [0.15, 0.2) is 33.5 Å². The van der Waals surface area contributed by atoms with E-state index in [4.69, 9.17) is 5.73 Å². The number of para-hydroxylation sites is 1. The van der Waals surface area contributed by atoms with Crippen molar-refractivity contribution in [2.24, 2.45) is 5.73 Å². The molecule has 0 unspecified atom stereocenters. The molecule has 0 radical (unpaired) electrons. The van der Waals surface area contributed by atoms with Crippen molar-refractivity contribution in [2.75, 3.05) is 13.1 Å². The predicted octanol–water partition coefficient (Wildman–Crippen LogP) is 1.85. The van der Waals surface area contributed by atoms with Crippen LogP contribution in [0, 0.1) is 0 Å². The third-order valence-corrected chi connectivity index (χ3v) is 4.63. The van der Waals surface area contributed by atoms with Crippen molar-refractivity contribution in [1.29, 1.82) is 0 Å². The topological polar surface area (TPSA) is 79.2 Å². The Kier molecular flexibility index (Phi) is 3.82. The lowest BCUT2D eigenvalue weighted by Crippen LogP contribution is -2.40. The van der Waals surface area contributed by atoms with Gasteiger partial charge in [0.1, 0.15) is 0 Å². The fraction of sp³-hybridized carbons (Fsp3) is 0.333. The number of carbonyl (C=O) groups is 1. The fourth-order valence-electron chi connectivity index (χ4n) is 2.92. The molecule has 0 bridgehead atoms. The minimum absolute atomic E-state index is 0.0685. The zero-order valence-corrected chi connectivity index (χ0v) is 13.0. The first-order valence-electron chi connectivity index (χ1n) is 6.94. The molecule has 1 atom stereocenters. The van der Waals surface area contributed by atoms with Gasteiger partial charge in [-0.2, -0.15) is 0 Å². The quantitative estimate of drug-likeness (QED) is 0.868. The number of nitrogens with two attached hydrogens (primary N) is 1. The molecule has 3 N–H and O–H groups in total. The molecule has 1 fully saturated rings. The van der Waals surface area contributed by atoms with E-state index in [2.05, 4.69) is 20.9 Å². The second-order valence-electron chi connectivity index (χ2n) is 5.24. The number of nitrogens with one attached hydrogen (secondary N) is 1. The summed E-state index contributed by atoms with van der Waals surface area (Å²) in [5, 5.41) is 0.747. The fourth-order valence-corrected chi connectivity index (χ4v) is 3.39. The summed E-state index contributed by atoms with van der Waals surface area (Å²) in [6.07, 6.45) is 1.88. The number of aromatic nitrogens is 1.